The fourth-order valence-electron chi connectivity index (χ4n) is 2.23. The Morgan fingerprint density at radius 1 is 1.15 bits per heavy atom. The van der Waals surface area contributed by atoms with Crippen LogP contribution in [0.1, 0.15) is 18.1 Å². The van der Waals surface area contributed by atoms with Gasteiger partial charge in [0.1, 0.15) is 5.82 Å². The number of alkyl halides is 1. The molecule has 0 bridgehead atoms. The summed E-state index contributed by atoms with van der Waals surface area (Å²) in [5.74, 6) is 0.843. The van der Waals surface area contributed by atoms with Gasteiger partial charge in [0, 0.05) is 8.95 Å². The summed E-state index contributed by atoms with van der Waals surface area (Å²) >= 11 is 13.4. The molecule has 0 aliphatic rings. The molecule has 2 aromatic carbocycles. The Bertz CT molecular complexity index is 781. The second-order valence-corrected chi connectivity index (χ2v) is 6.93. The topological polar surface area (TPSA) is 17.8 Å². The van der Waals surface area contributed by atoms with Gasteiger partial charge in [-0.1, -0.05) is 28.1 Å². The molecule has 20 heavy (non-hydrogen) atoms. The summed E-state index contributed by atoms with van der Waals surface area (Å²) in [7, 11) is 0. The summed E-state index contributed by atoms with van der Waals surface area (Å²) in [6, 6.07) is 14.1. The standard InChI is InChI=1S/C15H11Br2ClN2/c1-9(18)15-19-12-4-2-3-5-14(12)20(15)13-7-6-10(16)8-11(13)17/h2-9H,1H3. The van der Waals surface area contributed by atoms with E-state index in [9.17, 15) is 0 Å². The molecule has 102 valence electrons. The largest absolute Gasteiger partial charge is 0.294 e. The zero-order chi connectivity index (χ0) is 14.3. The van der Waals surface area contributed by atoms with Gasteiger partial charge in [-0.05, 0) is 53.2 Å². The molecule has 2 nitrogen and oxygen atoms in total. The number of aromatic nitrogens is 2. The normalized spacial score (nSPS) is 12.8. The van der Waals surface area contributed by atoms with E-state index in [1.165, 1.54) is 0 Å². The zero-order valence-electron chi connectivity index (χ0n) is 10.6. The first-order valence-corrected chi connectivity index (χ1v) is 8.17. The number of rotatable bonds is 2. The number of imidazole rings is 1. The lowest BCUT2D eigenvalue weighted by Crippen LogP contribution is -2.02. The van der Waals surface area contributed by atoms with Crippen LogP contribution in [0.25, 0.3) is 16.7 Å². The first-order chi connectivity index (χ1) is 9.58. The molecule has 1 unspecified atom stereocenters. The third kappa shape index (κ3) is 2.41. The fourth-order valence-corrected chi connectivity index (χ4v) is 3.60. The van der Waals surface area contributed by atoms with Crippen LogP contribution in [0.5, 0.6) is 0 Å². The van der Waals surface area contributed by atoms with E-state index in [-0.39, 0.29) is 5.38 Å². The van der Waals surface area contributed by atoms with Crippen molar-refractivity contribution in [3.05, 3.63) is 57.2 Å². The maximum atomic E-state index is 6.31. The molecule has 0 fully saturated rings. The van der Waals surface area contributed by atoms with E-state index in [0.29, 0.717) is 0 Å². The Hall–Kier alpha value is -0.840. The highest BCUT2D eigenvalue weighted by Gasteiger charge is 2.17. The summed E-state index contributed by atoms with van der Waals surface area (Å²) in [5.41, 5.74) is 3.03. The number of halogens is 3. The van der Waals surface area contributed by atoms with Crippen molar-refractivity contribution in [3.8, 4) is 5.69 Å². The molecule has 0 N–H and O–H groups in total. The summed E-state index contributed by atoms with van der Waals surface area (Å²) in [5, 5.41) is -0.169. The van der Waals surface area contributed by atoms with Crippen LogP contribution in [0.15, 0.2) is 51.4 Å². The Morgan fingerprint density at radius 3 is 2.60 bits per heavy atom. The molecular formula is C15H11Br2ClN2. The molecule has 0 amide bonds. The monoisotopic (exact) mass is 412 g/mol. The number of para-hydroxylation sites is 2. The van der Waals surface area contributed by atoms with Gasteiger partial charge in [0.2, 0.25) is 0 Å². The molecule has 0 aliphatic carbocycles. The van der Waals surface area contributed by atoms with Crippen molar-refractivity contribution >= 4 is 54.5 Å². The number of nitrogens with zero attached hydrogens (tertiary/aromatic N) is 2. The average Bonchev–Trinajstić information content (AvgIpc) is 2.78. The van der Waals surface area contributed by atoms with E-state index < -0.39 is 0 Å². The van der Waals surface area contributed by atoms with E-state index in [4.69, 9.17) is 11.6 Å². The van der Waals surface area contributed by atoms with Crippen molar-refractivity contribution in [3.63, 3.8) is 0 Å². The van der Waals surface area contributed by atoms with Crippen LogP contribution in [-0.4, -0.2) is 9.55 Å². The molecule has 0 aliphatic heterocycles. The van der Waals surface area contributed by atoms with E-state index in [1.807, 2.05) is 43.3 Å². The van der Waals surface area contributed by atoms with Gasteiger partial charge in [-0.3, -0.25) is 4.57 Å². The van der Waals surface area contributed by atoms with Crippen LogP contribution in [0.3, 0.4) is 0 Å². The third-order valence-electron chi connectivity index (χ3n) is 3.09. The van der Waals surface area contributed by atoms with Crippen molar-refractivity contribution in [2.75, 3.05) is 0 Å². The second-order valence-electron chi connectivity index (χ2n) is 4.51. The van der Waals surface area contributed by atoms with Gasteiger partial charge in [-0.15, -0.1) is 11.6 Å². The molecule has 3 rings (SSSR count). The predicted octanol–water partition coefficient (Wildman–Crippen LogP) is 5.85. The highest BCUT2D eigenvalue weighted by Crippen LogP contribution is 2.32. The maximum absolute atomic E-state index is 6.31. The zero-order valence-corrected chi connectivity index (χ0v) is 14.6. The summed E-state index contributed by atoms with van der Waals surface area (Å²) < 4.78 is 4.12. The molecule has 0 saturated heterocycles. The lowest BCUT2D eigenvalue weighted by Gasteiger charge is -2.12. The Morgan fingerprint density at radius 2 is 1.90 bits per heavy atom. The number of fused-ring (bicyclic) bond motifs is 1. The van der Waals surface area contributed by atoms with Gasteiger partial charge in [-0.2, -0.15) is 0 Å². The smallest absolute Gasteiger partial charge is 0.132 e. The predicted molar refractivity (Wildman–Crippen MR) is 90.7 cm³/mol. The van der Waals surface area contributed by atoms with Crippen LogP contribution in [0.4, 0.5) is 0 Å². The Labute approximate surface area is 139 Å². The first-order valence-electron chi connectivity index (χ1n) is 6.15. The molecule has 0 saturated carbocycles. The maximum Gasteiger partial charge on any atom is 0.132 e. The number of hydrogen-bond acceptors (Lipinski definition) is 1. The van der Waals surface area contributed by atoms with Crippen molar-refractivity contribution in [2.45, 2.75) is 12.3 Å². The van der Waals surface area contributed by atoms with Crippen LogP contribution in [-0.2, 0) is 0 Å². The molecular weight excluding hydrogens is 403 g/mol. The molecule has 0 radical (unpaired) electrons. The summed E-state index contributed by atoms with van der Waals surface area (Å²) in [6.07, 6.45) is 0. The summed E-state index contributed by atoms with van der Waals surface area (Å²) in [4.78, 5) is 4.65. The minimum absolute atomic E-state index is 0.169. The van der Waals surface area contributed by atoms with E-state index in [1.54, 1.807) is 0 Å². The average molecular weight is 415 g/mol. The minimum atomic E-state index is -0.169. The van der Waals surface area contributed by atoms with Crippen LogP contribution < -0.4 is 0 Å². The Kier molecular flexibility index (Phi) is 3.89. The van der Waals surface area contributed by atoms with Crippen LogP contribution in [0.2, 0.25) is 0 Å². The van der Waals surface area contributed by atoms with Crippen molar-refractivity contribution in [1.82, 2.24) is 9.55 Å². The van der Waals surface area contributed by atoms with Crippen molar-refractivity contribution in [1.29, 1.82) is 0 Å². The number of benzene rings is 2. The molecule has 3 aromatic rings. The molecule has 1 aromatic heterocycles. The molecule has 1 atom stereocenters. The van der Waals surface area contributed by atoms with Crippen LogP contribution in [0, 0.1) is 0 Å². The van der Waals surface area contributed by atoms with Gasteiger partial charge in [0.15, 0.2) is 0 Å². The quantitative estimate of drug-likeness (QED) is 0.481. The second kappa shape index (κ2) is 5.51. The van der Waals surface area contributed by atoms with E-state index in [2.05, 4.69) is 47.5 Å². The lowest BCUT2D eigenvalue weighted by atomic mass is 10.2. The minimum Gasteiger partial charge on any atom is -0.294 e. The summed E-state index contributed by atoms with van der Waals surface area (Å²) in [6.45, 7) is 1.94. The van der Waals surface area contributed by atoms with Crippen LogP contribution >= 0.6 is 43.5 Å². The molecule has 5 heteroatoms. The lowest BCUT2D eigenvalue weighted by molar-refractivity contribution is 0.880. The van der Waals surface area contributed by atoms with Gasteiger partial charge >= 0.3 is 0 Å². The third-order valence-corrected chi connectivity index (χ3v) is 4.42. The van der Waals surface area contributed by atoms with E-state index in [0.717, 1.165) is 31.5 Å². The first kappa shape index (κ1) is 14.1. The SMILES string of the molecule is CC(Cl)c1nc2ccccc2n1-c1ccc(Br)cc1Br. The Balaban J connectivity index is 2.36. The van der Waals surface area contributed by atoms with Gasteiger partial charge in [0.05, 0.1) is 22.1 Å². The fraction of sp³-hybridized carbons (Fsp3) is 0.133. The van der Waals surface area contributed by atoms with Gasteiger partial charge < -0.3 is 0 Å². The molecule has 0 spiro atoms. The van der Waals surface area contributed by atoms with Gasteiger partial charge in [0.25, 0.3) is 0 Å². The van der Waals surface area contributed by atoms with Crippen molar-refractivity contribution in [2.24, 2.45) is 0 Å². The molecule has 1 heterocycles. The van der Waals surface area contributed by atoms with Gasteiger partial charge in [-0.25, -0.2) is 4.98 Å². The van der Waals surface area contributed by atoms with Crippen molar-refractivity contribution < 1.29 is 0 Å². The highest BCUT2D eigenvalue weighted by molar-refractivity contribution is 9.11. The van der Waals surface area contributed by atoms with E-state index >= 15 is 0 Å². The highest BCUT2D eigenvalue weighted by atomic mass is 79.9. The number of hydrogen-bond donors (Lipinski definition) is 0.